The predicted octanol–water partition coefficient (Wildman–Crippen LogP) is 4.15. The normalized spacial score (nSPS) is 12.0. The van der Waals surface area contributed by atoms with Gasteiger partial charge in [-0.25, -0.2) is 4.79 Å². The third kappa shape index (κ3) is 5.35. The van der Waals surface area contributed by atoms with E-state index in [-0.39, 0.29) is 5.97 Å². The molecule has 0 aliphatic carbocycles. The molecule has 4 nitrogen and oxygen atoms in total. The van der Waals surface area contributed by atoms with Gasteiger partial charge in [0.1, 0.15) is 12.4 Å². The molecule has 0 bridgehead atoms. The summed E-state index contributed by atoms with van der Waals surface area (Å²) in [5, 5.41) is 2.07. The third-order valence-corrected chi connectivity index (χ3v) is 4.60. The van der Waals surface area contributed by atoms with Gasteiger partial charge in [-0.05, 0) is 55.5 Å². The largest absolute Gasteiger partial charge is 0.488 e. The van der Waals surface area contributed by atoms with E-state index in [0.717, 1.165) is 11.3 Å². The maximum absolute atomic E-state index is 11.9. The Morgan fingerprint density at radius 3 is 2.46 bits per heavy atom. The summed E-state index contributed by atoms with van der Waals surface area (Å²) >= 11 is 1.70. The maximum Gasteiger partial charge on any atom is 0.335 e. The van der Waals surface area contributed by atoms with E-state index in [4.69, 9.17) is 14.2 Å². The number of carbonyl (C=O) groups excluding carboxylic acids is 1. The average molecular weight is 348 g/mol. The van der Waals surface area contributed by atoms with Crippen molar-refractivity contribution in [3.63, 3.8) is 0 Å². The molecule has 5 heteroatoms. The summed E-state index contributed by atoms with van der Waals surface area (Å²) in [6.07, 6.45) is -0.0627. The van der Waals surface area contributed by atoms with Crippen molar-refractivity contribution < 1.29 is 19.0 Å². The van der Waals surface area contributed by atoms with E-state index in [2.05, 4.69) is 18.4 Å². The molecule has 0 aliphatic rings. The van der Waals surface area contributed by atoms with Crippen LogP contribution in [0.15, 0.2) is 35.7 Å². The van der Waals surface area contributed by atoms with E-state index in [1.807, 2.05) is 31.2 Å². The SMILES string of the molecule is CCOC(=O)[C@@H](Cc1ccc(OCc2sccc2C)cc1)OCC. The molecule has 1 aromatic carbocycles. The Labute approximate surface area is 147 Å². The zero-order valence-corrected chi connectivity index (χ0v) is 15.2. The monoisotopic (exact) mass is 348 g/mol. The minimum atomic E-state index is -0.560. The molecule has 0 N–H and O–H groups in total. The summed E-state index contributed by atoms with van der Waals surface area (Å²) in [6.45, 7) is 7.16. The van der Waals surface area contributed by atoms with Crippen molar-refractivity contribution in [2.75, 3.05) is 13.2 Å². The van der Waals surface area contributed by atoms with Crippen molar-refractivity contribution in [3.8, 4) is 5.75 Å². The second kappa shape index (κ2) is 9.45. The third-order valence-electron chi connectivity index (χ3n) is 3.60. The van der Waals surface area contributed by atoms with Crippen LogP contribution in [-0.2, 0) is 27.3 Å². The van der Waals surface area contributed by atoms with Gasteiger partial charge in [0.2, 0.25) is 0 Å². The fourth-order valence-corrected chi connectivity index (χ4v) is 3.10. The van der Waals surface area contributed by atoms with E-state index in [1.54, 1.807) is 18.3 Å². The molecular weight excluding hydrogens is 324 g/mol. The summed E-state index contributed by atoms with van der Waals surface area (Å²) in [5.74, 6) is 0.503. The molecule has 0 radical (unpaired) electrons. The van der Waals surface area contributed by atoms with Gasteiger partial charge in [-0.1, -0.05) is 12.1 Å². The molecule has 2 aromatic rings. The highest BCUT2D eigenvalue weighted by molar-refractivity contribution is 7.10. The van der Waals surface area contributed by atoms with Gasteiger partial charge in [0.25, 0.3) is 0 Å². The van der Waals surface area contributed by atoms with Crippen LogP contribution in [0.2, 0.25) is 0 Å². The fourth-order valence-electron chi connectivity index (χ4n) is 2.28. The first kappa shape index (κ1) is 18.5. The molecule has 24 heavy (non-hydrogen) atoms. The number of thiophene rings is 1. The van der Waals surface area contributed by atoms with Gasteiger partial charge in [0.15, 0.2) is 6.10 Å². The first-order valence-electron chi connectivity index (χ1n) is 8.17. The summed E-state index contributed by atoms with van der Waals surface area (Å²) in [6, 6.07) is 9.86. The van der Waals surface area contributed by atoms with Crippen molar-refractivity contribution in [2.24, 2.45) is 0 Å². The number of hydrogen-bond donors (Lipinski definition) is 0. The highest BCUT2D eigenvalue weighted by Crippen LogP contribution is 2.20. The number of esters is 1. The Balaban J connectivity index is 1.92. The quantitative estimate of drug-likeness (QED) is 0.639. The van der Waals surface area contributed by atoms with Crippen molar-refractivity contribution in [1.29, 1.82) is 0 Å². The molecule has 0 saturated carbocycles. The molecule has 0 fully saturated rings. The topological polar surface area (TPSA) is 44.8 Å². The van der Waals surface area contributed by atoms with Crippen LogP contribution in [0, 0.1) is 6.92 Å². The van der Waals surface area contributed by atoms with Crippen molar-refractivity contribution in [2.45, 2.75) is 39.9 Å². The Bertz CT molecular complexity index is 633. The van der Waals surface area contributed by atoms with E-state index >= 15 is 0 Å². The van der Waals surface area contributed by atoms with Crippen LogP contribution in [0.5, 0.6) is 5.75 Å². The van der Waals surface area contributed by atoms with Gasteiger partial charge < -0.3 is 14.2 Å². The summed E-state index contributed by atoms with van der Waals surface area (Å²) in [5.41, 5.74) is 2.27. The fraction of sp³-hybridized carbons (Fsp3) is 0.421. The van der Waals surface area contributed by atoms with Crippen molar-refractivity contribution in [1.82, 2.24) is 0 Å². The van der Waals surface area contributed by atoms with Crippen LogP contribution in [0.25, 0.3) is 0 Å². The lowest BCUT2D eigenvalue weighted by Crippen LogP contribution is -2.28. The van der Waals surface area contributed by atoms with Crippen LogP contribution in [-0.4, -0.2) is 25.3 Å². The summed E-state index contributed by atoms with van der Waals surface area (Å²) in [4.78, 5) is 13.1. The number of carbonyl (C=O) groups is 1. The van der Waals surface area contributed by atoms with Crippen LogP contribution >= 0.6 is 11.3 Å². The number of hydrogen-bond acceptors (Lipinski definition) is 5. The molecule has 0 aliphatic heterocycles. The van der Waals surface area contributed by atoms with Crippen LogP contribution < -0.4 is 4.74 Å². The lowest BCUT2D eigenvalue weighted by molar-refractivity contribution is -0.156. The first-order valence-corrected chi connectivity index (χ1v) is 9.05. The smallest absolute Gasteiger partial charge is 0.335 e. The summed E-state index contributed by atoms with van der Waals surface area (Å²) in [7, 11) is 0. The van der Waals surface area contributed by atoms with E-state index in [1.165, 1.54) is 10.4 Å². The Morgan fingerprint density at radius 1 is 1.12 bits per heavy atom. The maximum atomic E-state index is 11.9. The van der Waals surface area contributed by atoms with Gasteiger partial charge in [0, 0.05) is 17.9 Å². The number of benzene rings is 1. The molecule has 0 amide bonds. The Hall–Kier alpha value is -1.85. The molecule has 130 valence electrons. The Kier molecular flexibility index (Phi) is 7.28. The first-order chi connectivity index (χ1) is 11.6. The van der Waals surface area contributed by atoms with Crippen LogP contribution in [0.1, 0.15) is 29.9 Å². The highest BCUT2D eigenvalue weighted by Gasteiger charge is 2.20. The van der Waals surface area contributed by atoms with Crippen molar-refractivity contribution >= 4 is 17.3 Å². The van der Waals surface area contributed by atoms with Gasteiger partial charge in [-0.15, -0.1) is 11.3 Å². The predicted molar refractivity (Wildman–Crippen MR) is 95.6 cm³/mol. The second-order valence-corrected chi connectivity index (χ2v) is 6.36. The average Bonchev–Trinajstić information content (AvgIpc) is 2.99. The lowest BCUT2D eigenvalue weighted by atomic mass is 10.1. The number of aryl methyl sites for hydroxylation is 1. The van der Waals surface area contributed by atoms with E-state index in [9.17, 15) is 4.79 Å². The zero-order valence-electron chi connectivity index (χ0n) is 14.4. The highest BCUT2D eigenvalue weighted by atomic mass is 32.1. The van der Waals surface area contributed by atoms with Crippen molar-refractivity contribution in [3.05, 3.63) is 51.7 Å². The molecule has 2 rings (SSSR count). The second-order valence-electron chi connectivity index (χ2n) is 5.36. The molecule has 1 heterocycles. The van der Waals surface area contributed by atoms with Gasteiger partial charge >= 0.3 is 5.97 Å². The molecule has 0 unspecified atom stereocenters. The van der Waals surface area contributed by atoms with Gasteiger partial charge in [-0.3, -0.25) is 0 Å². The van der Waals surface area contributed by atoms with Gasteiger partial charge in [-0.2, -0.15) is 0 Å². The standard InChI is InChI=1S/C19H24O4S/c1-4-21-17(19(20)22-5-2)12-15-6-8-16(9-7-15)23-13-18-14(3)10-11-24-18/h6-11,17H,4-5,12-13H2,1-3H3/t17-/m1/s1. The molecular formula is C19H24O4S. The number of ether oxygens (including phenoxy) is 3. The molecule has 1 aromatic heterocycles. The minimum absolute atomic E-state index is 0.312. The molecule has 0 spiro atoms. The summed E-state index contributed by atoms with van der Waals surface area (Å²) < 4.78 is 16.4. The van der Waals surface area contributed by atoms with Gasteiger partial charge in [0.05, 0.1) is 6.61 Å². The van der Waals surface area contributed by atoms with Crippen LogP contribution in [0.4, 0.5) is 0 Å². The zero-order chi connectivity index (χ0) is 17.4. The molecule has 0 saturated heterocycles. The number of rotatable bonds is 9. The van der Waals surface area contributed by atoms with Crippen LogP contribution in [0.3, 0.4) is 0 Å². The Morgan fingerprint density at radius 2 is 1.88 bits per heavy atom. The molecule has 1 atom stereocenters. The lowest BCUT2D eigenvalue weighted by Gasteiger charge is -2.15. The minimum Gasteiger partial charge on any atom is -0.488 e. The van der Waals surface area contributed by atoms with E-state index in [0.29, 0.717) is 26.2 Å². The van der Waals surface area contributed by atoms with E-state index < -0.39 is 6.10 Å².